The summed E-state index contributed by atoms with van der Waals surface area (Å²) in [5.74, 6) is 0. The summed E-state index contributed by atoms with van der Waals surface area (Å²) in [6.07, 6.45) is 3.03. The molecule has 0 aliphatic heterocycles. The minimum atomic E-state index is -3.42. The van der Waals surface area contributed by atoms with Gasteiger partial charge in [0, 0.05) is 13.7 Å². The highest BCUT2D eigenvalue weighted by Crippen LogP contribution is 2.24. The number of aryl methyl sites for hydroxylation is 2. The Morgan fingerprint density at radius 2 is 2.06 bits per heavy atom. The molecule has 1 atom stereocenters. The molecule has 0 saturated carbocycles. The van der Waals surface area contributed by atoms with Crippen LogP contribution in [-0.4, -0.2) is 28.2 Å². The van der Waals surface area contributed by atoms with Crippen LogP contribution < -0.4 is 4.72 Å². The number of sulfonamides is 1. The summed E-state index contributed by atoms with van der Waals surface area (Å²) in [5.41, 5.74) is 2.44. The van der Waals surface area contributed by atoms with Crippen LogP contribution in [0, 0.1) is 0 Å². The third kappa shape index (κ3) is 2.91. The minimum absolute atomic E-state index is 0.130. The number of benzene rings is 1. The lowest BCUT2D eigenvalue weighted by Crippen LogP contribution is -2.31. The second-order valence-corrected chi connectivity index (χ2v) is 6.45. The molecule has 0 spiro atoms. The predicted molar refractivity (Wildman–Crippen MR) is 70.1 cm³/mol. The van der Waals surface area contributed by atoms with E-state index in [4.69, 9.17) is 4.74 Å². The lowest BCUT2D eigenvalue weighted by atomic mass is 10.1. The first-order valence-electron chi connectivity index (χ1n) is 6.17. The van der Waals surface area contributed by atoms with Crippen molar-refractivity contribution >= 4 is 10.0 Å². The second-order valence-electron chi connectivity index (χ2n) is 4.68. The molecule has 1 aliphatic carbocycles. The van der Waals surface area contributed by atoms with Crippen molar-refractivity contribution in [3.8, 4) is 0 Å². The zero-order chi connectivity index (χ0) is 13.2. The molecule has 1 aromatic carbocycles. The summed E-state index contributed by atoms with van der Waals surface area (Å²) in [7, 11) is -1.85. The topological polar surface area (TPSA) is 55.4 Å². The largest absolute Gasteiger partial charge is 0.380 e. The zero-order valence-corrected chi connectivity index (χ0v) is 11.6. The number of hydrogen-bond acceptors (Lipinski definition) is 3. The molecule has 0 amide bonds. The molecule has 1 unspecified atom stereocenters. The van der Waals surface area contributed by atoms with Gasteiger partial charge in [0.25, 0.3) is 0 Å². The van der Waals surface area contributed by atoms with Gasteiger partial charge >= 0.3 is 0 Å². The maximum Gasteiger partial charge on any atom is 0.240 e. The summed E-state index contributed by atoms with van der Waals surface area (Å²) < 4.78 is 31.8. The van der Waals surface area contributed by atoms with Crippen molar-refractivity contribution in [3.05, 3.63) is 29.3 Å². The molecule has 2 rings (SSSR count). The van der Waals surface area contributed by atoms with Crippen LogP contribution in [0.2, 0.25) is 0 Å². The maximum atomic E-state index is 12.1. The molecule has 0 saturated heterocycles. The summed E-state index contributed by atoms with van der Waals surface area (Å²) in [6.45, 7) is 2.11. The van der Waals surface area contributed by atoms with Gasteiger partial charge in [-0.05, 0) is 49.4 Å². The molecule has 0 heterocycles. The number of nitrogens with one attached hydrogen (secondary N) is 1. The molecule has 4 nitrogen and oxygen atoms in total. The quantitative estimate of drug-likeness (QED) is 0.881. The van der Waals surface area contributed by atoms with Gasteiger partial charge in [0.1, 0.15) is 0 Å². The van der Waals surface area contributed by atoms with Gasteiger partial charge in [-0.2, -0.15) is 0 Å². The van der Waals surface area contributed by atoms with Gasteiger partial charge in [-0.15, -0.1) is 0 Å². The molecule has 18 heavy (non-hydrogen) atoms. The summed E-state index contributed by atoms with van der Waals surface area (Å²) in [4.78, 5) is 0.353. The third-order valence-corrected chi connectivity index (χ3v) is 4.76. The second kappa shape index (κ2) is 5.38. The average Bonchev–Trinajstić information content (AvgIpc) is 2.83. The highest BCUT2D eigenvalue weighted by molar-refractivity contribution is 7.89. The van der Waals surface area contributed by atoms with Crippen LogP contribution in [-0.2, 0) is 27.6 Å². The molecule has 1 aliphatic rings. The first kappa shape index (κ1) is 13.5. The predicted octanol–water partition coefficient (Wildman–Crippen LogP) is 1.49. The van der Waals surface area contributed by atoms with Gasteiger partial charge in [-0.3, -0.25) is 0 Å². The van der Waals surface area contributed by atoms with E-state index >= 15 is 0 Å². The third-order valence-electron chi connectivity index (χ3n) is 3.34. The Labute approximate surface area is 108 Å². The van der Waals surface area contributed by atoms with Crippen molar-refractivity contribution in [1.82, 2.24) is 4.72 Å². The van der Waals surface area contributed by atoms with E-state index in [-0.39, 0.29) is 12.6 Å². The zero-order valence-electron chi connectivity index (χ0n) is 10.8. The Morgan fingerprint density at radius 3 is 2.78 bits per heavy atom. The summed E-state index contributed by atoms with van der Waals surface area (Å²) in [5, 5.41) is 0. The van der Waals surface area contributed by atoms with Crippen LogP contribution in [0.4, 0.5) is 0 Å². The van der Waals surface area contributed by atoms with Crippen molar-refractivity contribution < 1.29 is 13.2 Å². The van der Waals surface area contributed by atoms with Crippen molar-refractivity contribution in [2.45, 2.75) is 37.2 Å². The van der Waals surface area contributed by atoms with Gasteiger partial charge in [-0.25, -0.2) is 13.1 Å². The normalized spacial score (nSPS) is 16.6. The summed E-state index contributed by atoms with van der Waals surface area (Å²) in [6, 6.07) is 5.41. The fraction of sp³-hybridized carbons (Fsp3) is 0.538. The van der Waals surface area contributed by atoms with Crippen LogP contribution in [0.1, 0.15) is 24.5 Å². The van der Waals surface area contributed by atoms with E-state index in [2.05, 4.69) is 4.72 Å². The molecule has 0 aromatic heterocycles. The molecule has 100 valence electrons. The fourth-order valence-corrected chi connectivity index (χ4v) is 3.27. The van der Waals surface area contributed by atoms with Crippen molar-refractivity contribution in [1.29, 1.82) is 0 Å². The number of methoxy groups -OCH3 is 1. The standard InChI is InChI=1S/C13H19NO3S/c1-10(17-2)9-14-18(15,16)13-7-6-11-4-3-5-12(11)8-13/h6-8,10,14H,3-5,9H2,1-2H3. The van der Waals surface area contributed by atoms with E-state index in [1.165, 1.54) is 5.56 Å². The van der Waals surface area contributed by atoms with Crippen LogP contribution in [0.25, 0.3) is 0 Å². The monoisotopic (exact) mass is 269 g/mol. The highest BCUT2D eigenvalue weighted by atomic mass is 32.2. The van der Waals surface area contributed by atoms with E-state index in [0.29, 0.717) is 4.90 Å². The van der Waals surface area contributed by atoms with Gasteiger partial charge in [0.05, 0.1) is 11.0 Å². The Morgan fingerprint density at radius 1 is 1.33 bits per heavy atom. The van der Waals surface area contributed by atoms with E-state index in [9.17, 15) is 8.42 Å². The van der Waals surface area contributed by atoms with Crippen LogP contribution in [0.5, 0.6) is 0 Å². The Kier molecular flexibility index (Phi) is 4.04. The Bertz CT molecular complexity index is 525. The van der Waals surface area contributed by atoms with E-state index < -0.39 is 10.0 Å². The van der Waals surface area contributed by atoms with Gasteiger partial charge in [0.15, 0.2) is 0 Å². The highest BCUT2D eigenvalue weighted by Gasteiger charge is 2.18. The van der Waals surface area contributed by atoms with Crippen LogP contribution in [0.15, 0.2) is 23.1 Å². The molecule has 1 aromatic rings. The first-order chi connectivity index (χ1) is 8.53. The number of ether oxygens (including phenoxy) is 1. The van der Waals surface area contributed by atoms with Crippen LogP contribution >= 0.6 is 0 Å². The van der Waals surface area contributed by atoms with Crippen molar-refractivity contribution in [2.24, 2.45) is 0 Å². The van der Waals surface area contributed by atoms with Crippen molar-refractivity contribution in [2.75, 3.05) is 13.7 Å². The molecule has 0 bridgehead atoms. The maximum absolute atomic E-state index is 12.1. The molecule has 1 N–H and O–H groups in total. The molecular formula is C13H19NO3S. The number of rotatable bonds is 5. The number of fused-ring (bicyclic) bond motifs is 1. The lowest BCUT2D eigenvalue weighted by molar-refractivity contribution is 0.122. The van der Waals surface area contributed by atoms with Gasteiger partial charge < -0.3 is 4.74 Å². The molecule has 0 radical (unpaired) electrons. The van der Waals surface area contributed by atoms with E-state index in [1.807, 2.05) is 13.0 Å². The Balaban J connectivity index is 2.15. The smallest absolute Gasteiger partial charge is 0.240 e. The molecular weight excluding hydrogens is 250 g/mol. The van der Waals surface area contributed by atoms with Crippen LogP contribution in [0.3, 0.4) is 0 Å². The Hall–Kier alpha value is -0.910. The van der Waals surface area contributed by atoms with Crippen molar-refractivity contribution in [3.63, 3.8) is 0 Å². The summed E-state index contributed by atoms with van der Waals surface area (Å²) >= 11 is 0. The molecule has 0 fully saturated rings. The van der Waals surface area contributed by atoms with E-state index in [1.54, 1.807) is 19.2 Å². The average molecular weight is 269 g/mol. The molecule has 5 heteroatoms. The van der Waals surface area contributed by atoms with Gasteiger partial charge in [0.2, 0.25) is 10.0 Å². The SMILES string of the molecule is COC(C)CNS(=O)(=O)c1ccc2c(c1)CCC2. The number of hydrogen-bond donors (Lipinski definition) is 1. The van der Waals surface area contributed by atoms with Gasteiger partial charge in [-0.1, -0.05) is 6.07 Å². The fourth-order valence-electron chi connectivity index (χ4n) is 2.11. The first-order valence-corrected chi connectivity index (χ1v) is 7.65. The minimum Gasteiger partial charge on any atom is -0.380 e. The van der Waals surface area contributed by atoms with E-state index in [0.717, 1.165) is 24.8 Å². The lowest BCUT2D eigenvalue weighted by Gasteiger charge is -2.12.